The van der Waals surface area contributed by atoms with Crippen LogP contribution in [0.4, 0.5) is 11.4 Å². The maximum atomic E-state index is 13.4. The van der Waals surface area contributed by atoms with Crippen molar-refractivity contribution in [2.75, 3.05) is 16.2 Å². The van der Waals surface area contributed by atoms with E-state index in [-0.39, 0.29) is 28.9 Å². The summed E-state index contributed by atoms with van der Waals surface area (Å²) in [5.41, 5.74) is 0.980. The van der Waals surface area contributed by atoms with E-state index in [1.165, 1.54) is 23.6 Å². The highest BCUT2D eigenvalue weighted by molar-refractivity contribution is 7.92. The number of anilines is 2. The zero-order valence-electron chi connectivity index (χ0n) is 18.9. The van der Waals surface area contributed by atoms with Gasteiger partial charge in [0.15, 0.2) is 0 Å². The van der Waals surface area contributed by atoms with E-state index in [2.05, 4.69) is 5.32 Å². The highest BCUT2D eigenvalue weighted by Crippen LogP contribution is 2.60. The van der Waals surface area contributed by atoms with Gasteiger partial charge >= 0.3 is 0 Å². The summed E-state index contributed by atoms with van der Waals surface area (Å²) in [5, 5.41) is 3.11. The average Bonchev–Trinajstić information content (AvgIpc) is 2.78. The molecule has 1 unspecified atom stereocenters. The summed E-state index contributed by atoms with van der Waals surface area (Å²) in [6, 6.07) is 13.8. The van der Waals surface area contributed by atoms with Crippen LogP contribution in [0.15, 0.2) is 53.4 Å². The van der Waals surface area contributed by atoms with E-state index in [4.69, 9.17) is 4.74 Å². The van der Waals surface area contributed by atoms with Gasteiger partial charge in [0.05, 0.1) is 22.5 Å². The SMILES string of the molecule is CC1CN(S(=O)(=O)c2ccc(NC(=O)C34CC5CC(CC(C5)C3)C4)cc2)c2ccccc2O1. The number of hydrogen-bond acceptors (Lipinski definition) is 4. The second-order valence-corrected chi connectivity index (χ2v) is 12.5. The summed E-state index contributed by atoms with van der Waals surface area (Å²) < 4.78 is 34.1. The highest BCUT2D eigenvalue weighted by Gasteiger charge is 2.54. The fourth-order valence-corrected chi connectivity index (χ4v) is 8.62. The van der Waals surface area contributed by atoms with Crippen LogP contribution in [0.3, 0.4) is 0 Å². The molecular weight excluding hydrogens is 436 g/mol. The molecule has 4 saturated carbocycles. The molecule has 1 atom stereocenters. The van der Waals surface area contributed by atoms with Crippen LogP contribution in [0.1, 0.15) is 45.4 Å². The molecule has 33 heavy (non-hydrogen) atoms. The Hall–Kier alpha value is -2.54. The lowest BCUT2D eigenvalue weighted by Crippen LogP contribution is -2.51. The fourth-order valence-electron chi connectivity index (χ4n) is 7.07. The molecule has 4 fully saturated rings. The summed E-state index contributed by atoms with van der Waals surface area (Å²) in [6.45, 7) is 2.12. The van der Waals surface area contributed by atoms with Crippen molar-refractivity contribution in [3.63, 3.8) is 0 Å². The van der Waals surface area contributed by atoms with Crippen LogP contribution in [0.25, 0.3) is 0 Å². The van der Waals surface area contributed by atoms with E-state index in [9.17, 15) is 13.2 Å². The molecular formula is C26H30N2O4S. The number of nitrogens with zero attached hydrogens (tertiary/aromatic N) is 1. The summed E-state index contributed by atoms with van der Waals surface area (Å²) in [4.78, 5) is 13.5. The summed E-state index contributed by atoms with van der Waals surface area (Å²) in [5.74, 6) is 2.79. The number of sulfonamides is 1. The Morgan fingerprint density at radius 3 is 2.21 bits per heavy atom. The standard InChI is InChI=1S/C26H30N2O4S/c1-17-16-28(23-4-2-3-5-24(23)32-17)33(30,31)22-8-6-21(7-9-22)27-25(29)26-13-18-10-19(14-26)12-20(11-18)15-26/h2-9,17-20H,10-16H2,1H3,(H,27,29). The third-order valence-corrected chi connectivity index (χ3v) is 9.90. The van der Waals surface area contributed by atoms with Gasteiger partial charge in [0.2, 0.25) is 5.91 Å². The molecule has 1 N–H and O–H groups in total. The monoisotopic (exact) mass is 466 g/mol. The predicted octanol–water partition coefficient (Wildman–Crippen LogP) is 4.82. The van der Waals surface area contributed by atoms with Gasteiger partial charge in [-0.05, 0) is 99.6 Å². The van der Waals surface area contributed by atoms with Crippen LogP contribution < -0.4 is 14.4 Å². The fraction of sp³-hybridized carbons (Fsp3) is 0.500. The lowest BCUT2D eigenvalue weighted by Gasteiger charge is -2.55. The summed E-state index contributed by atoms with van der Waals surface area (Å²) >= 11 is 0. The van der Waals surface area contributed by atoms with Gasteiger partial charge in [-0.2, -0.15) is 0 Å². The molecule has 0 saturated heterocycles. The second kappa shape index (κ2) is 7.49. The lowest BCUT2D eigenvalue weighted by molar-refractivity contribution is -0.140. The minimum absolute atomic E-state index is 0.119. The Morgan fingerprint density at radius 1 is 0.970 bits per heavy atom. The van der Waals surface area contributed by atoms with Crippen LogP contribution >= 0.6 is 0 Å². The van der Waals surface area contributed by atoms with Gasteiger partial charge in [0.25, 0.3) is 10.0 Å². The van der Waals surface area contributed by atoms with Gasteiger partial charge < -0.3 is 10.1 Å². The van der Waals surface area contributed by atoms with E-state index >= 15 is 0 Å². The molecule has 4 aliphatic carbocycles. The van der Waals surface area contributed by atoms with Crippen molar-refractivity contribution in [3.8, 4) is 5.75 Å². The van der Waals surface area contributed by atoms with E-state index in [1.807, 2.05) is 19.1 Å². The van der Waals surface area contributed by atoms with Gasteiger partial charge in [0.1, 0.15) is 11.9 Å². The van der Waals surface area contributed by atoms with Crippen molar-refractivity contribution in [3.05, 3.63) is 48.5 Å². The number of para-hydroxylation sites is 2. The second-order valence-electron chi connectivity index (χ2n) is 10.6. The van der Waals surface area contributed by atoms with Gasteiger partial charge in [-0.1, -0.05) is 12.1 Å². The first-order valence-electron chi connectivity index (χ1n) is 12.0. The van der Waals surface area contributed by atoms with Gasteiger partial charge in [-0.25, -0.2) is 8.42 Å². The topological polar surface area (TPSA) is 75.7 Å². The van der Waals surface area contributed by atoms with E-state index in [1.54, 1.807) is 36.4 Å². The number of fused-ring (bicyclic) bond motifs is 1. The van der Waals surface area contributed by atoms with Crippen molar-refractivity contribution < 1.29 is 17.9 Å². The maximum Gasteiger partial charge on any atom is 0.264 e. The molecule has 1 heterocycles. The minimum Gasteiger partial charge on any atom is -0.487 e. The number of rotatable bonds is 4. The van der Waals surface area contributed by atoms with Crippen LogP contribution in [-0.2, 0) is 14.8 Å². The van der Waals surface area contributed by atoms with Crippen LogP contribution in [0.5, 0.6) is 5.75 Å². The number of carbonyl (C=O) groups excluding carboxylic acids is 1. The van der Waals surface area contributed by atoms with E-state index < -0.39 is 10.0 Å². The number of nitrogens with one attached hydrogen (secondary N) is 1. The van der Waals surface area contributed by atoms with Crippen LogP contribution in [0, 0.1) is 23.2 Å². The van der Waals surface area contributed by atoms with Crippen molar-refractivity contribution in [2.45, 2.75) is 56.4 Å². The Bertz CT molecular complexity index is 1160. The maximum absolute atomic E-state index is 13.4. The molecule has 4 bridgehead atoms. The molecule has 174 valence electrons. The molecule has 6 nitrogen and oxygen atoms in total. The Labute approximate surface area is 195 Å². The zero-order valence-corrected chi connectivity index (χ0v) is 19.7. The molecule has 2 aromatic carbocycles. The van der Waals surface area contributed by atoms with Gasteiger partial charge in [-0.15, -0.1) is 0 Å². The predicted molar refractivity (Wildman–Crippen MR) is 127 cm³/mol. The first kappa shape index (κ1) is 21.0. The van der Waals surface area contributed by atoms with Crippen molar-refractivity contribution in [1.82, 2.24) is 0 Å². The molecule has 2 aromatic rings. The molecule has 1 aliphatic heterocycles. The molecule has 1 amide bonds. The zero-order chi connectivity index (χ0) is 22.8. The van der Waals surface area contributed by atoms with E-state index in [0.29, 0.717) is 34.9 Å². The Balaban J connectivity index is 1.22. The summed E-state index contributed by atoms with van der Waals surface area (Å²) in [7, 11) is -3.75. The normalized spacial score (nSPS) is 32.2. The third-order valence-electron chi connectivity index (χ3n) is 8.11. The first-order chi connectivity index (χ1) is 15.8. The van der Waals surface area contributed by atoms with Crippen LogP contribution in [0.2, 0.25) is 0 Å². The molecule has 0 aromatic heterocycles. The van der Waals surface area contributed by atoms with Crippen molar-refractivity contribution in [2.24, 2.45) is 23.2 Å². The number of ether oxygens (including phenoxy) is 1. The smallest absolute Gasteiger partial charge is 0.264 e. The van der Waals surface area contributed by atoms with Crippen LogP contribution in [-0.4, -0.2) is 27.0 Å². The number of hydrogen-bond donors (Lipinski definition) is 1. The Kier molecular flexibility index (Phi) is 4.77. The number of carbonyl (C=O) groups is 1. The Morgan fingerprint density at radius 2 is 1.58 bits per heavy atom. The molecule has 0 radical (unpaired) electrons. The van der Waals surface area contributed by atoms with Gasteiger partial charge in [0, 0.05) is 5.69 Å². The molecule has 7 rings (SSSR count). The average molecular weight is 467 g/mol. The summed E-state index contributed by atoms with van der Waals surface area (Å²) in [6.07, 6.45) is 6.66. The third kappa shape index (κ3) is 3.52. The molecule has 0 spiro atoms. The number of benzene rings is 2. The number of amides is 1. The molecule has 7 heteroatoms. The molecule has 5 aliphatic rings. The van der Waals surface area contributed by atoms with Gasteiger partial charge in [-0.3, -0.25) is 9.10 Å². The minimum atomic E-state index is -3.75. The highest BCUT2D eigenvalue weighted by atomic mass is 32.2. The van der Waals surface area contributed by atoms with Crippen molar-refractivity contribution >= 4 is 27.3 Å². The largest absolute Gasteiger partial charge is 0.487 e. The van der Waals surface area contributed by atoms with Crippen molar-refractivity contribution in [1.29, 1.82) is 0 Å². The quantitative estimate of drug-likeness (QED) is 0.701. The lowest BCUT2D eigenvalue weighted by atomic mass is 9.49. The first-order valence-corrected chi connectivity index (χ1v) is 13.5. The van der Waals surface area contributed by atoms with E-state index in [0.717, 1.165) is 19.3 Å².